The lowest BCUT2D eigenvalue weighted by Gasteiger charge is -2.60. The maximum absolute atomic E-state index is 12.1. The van der Waals surface area contributed by atoms with Crippen LogP contribution in [0.15, 0.2) is 0 Å². The Morgan fingerprint density at radius 1 is 1.40 bits per heavy atom. The summed E-state index contributed by atoms with van der Waals surface area (Å²) in [5, 5.41) is 9.63. The van der Waals surface area contributed by atoms with Crippen molar-refractivity contribution in [3.63, 3.8) is 0 Å². The zero-order valence-corrected chi connectivity index (χ0v) is 10.0. The molecule has 0 saturated carbocycles. The summed E-state index contributed by atoms with van der Waals surface area (Å²) in [5.74, 6) is 0. The maximum atomic E-state index is 12.1. The van der Waals surface area contributed by atoms with Gasteiger partial charge in [-0.15, -0.1) is 0 Å². The van der Waals surface area contributed by atoms with Gasteiger partial charge in [-0.05, 0) is 20.8 Å². The number of ether oxygens (including phenoxy) is 1. The molecule has 15 heavy (non-hydrogen) atoms. The van der Waals surface area contributed by atoms with Crippen LogP contribution in [0.25, 0.3) is 0 Å². The fourth-order valence-corrected chi connectivity index (χ4v) is 3.58. The normalized spacial score (nSPS) is 31.1. The Morgan fingerprint density at radius 3 is 2.20 bits per heavy atom. The first-order chi connectivity index (χ1) is 6.72. The number of β-amino-alcohol motifs (C(OH)–C–C–N with tert-alkyl or cyclic N) is 1. The standard InChI is InChI=1S/C9H17NO4S/c1-8(2,3)15(12,13)10-4-7(11)9(10)5-14-6-9/h7,11H,4-6H2,1-3H3. The molecule has 88 valence electrons. The van der Waals surface area contributed by atoms with E-state index in [9.17, 15) is 13.5 Å². The Hall–Kier alpha value is -0.170. The molecule has 2 heterocycles. The van der Waals surface area contributed by atoms with Crippen molar-refractivity contribution in [1.29, 1.82) is 0 Å². The van der Waals surface area contributed by atoms with Gasteiger partial charge >= 0.3 is 0 Å². The molecule has 2 saturated heterocycles. The quantitative estimate of drug-likeness (QED) is 0.669. The highest BCUT2D eigenvalue weighted by molar-refractivity contribution is 7.90. The molecule has 2 aliphatic heterocycles. The summed E-state index contributed by atoms with van der Waals surface area (Å²) in [7, 11) is -3.35. The van der Waals surface area contributed by atoms with E-state index in [1.807, 2.05) is 0 Å². The summed E-state index contributed by atoms with van der Waals surface area (Å²) in [5.41, 5.74) is -0.661. The van der Waals surface area contributed by atoms with Gasteiger partial charge in [0.15, 0.2) is 0 Å². The fraction of sp³-hybridized carbons (Fsp3) is 1.00. The van der Waals surface area contributed by atoms with E-state index in [0.29, 0.717) is 13.2 Å². The maximum Gasteiger partial charge on any atom is 0.219 e. The van der Waals surface area contributed by atoms with Gasteiger partial charge in [0, 0.05) is 6.54 Å². The van der Waals surface area contributed by atoms with Gasteiger partial charge in [-0.1, -0.05) is 0 Å². The Balaban J connectivity index is 2.28. The summed E-state index contributed by atoms with van der Waals surface area (Å²) >= 11 is 0. The summed E-state index contributed by atoms with van der Waals surface area (Å²) < 4.78 is 29.9. The van der Waals surface area contributed by atoms with E-state index in [0.717, 1.165) is 0 Å². The first kappa shape index (κ1) is 11.3. The molecule has 1 atom stereocenters. The lowest BCUT2D eigenvalue weighted by Crippen LogP contribution is -2.81. The van der Waals surface area contributed by atoms with Crippen LogP contribution in [0.1, 0.15) is 20.8 Å². The number of hydrogen-bond acceptors (Lipinski definition) is 4. The topological polar surface area (TPSA) is 66.8 Å². The molecule has 0 aromatic rings. The van der Waals surface area contributed by atoms with Gasteiger partial charge in [0.1, 0.15) is 5.54 Å². The zero-order valence-electron chi connectivity index (χ0n) is 9.23. The van der Waals surface area contributed by atoms with Crippen LogP contribution in [-0.2, 0) is 14.8 Å². The molecule has 2 rings (SSSR count). The third-order valence-corrected chi connectivity index (χ3v) is 5.86. The Bertz CT molecular complexity index is 366. The second-order valence-corrected chi connectivity index (χ2v) is 7.88. The Labute approximate surface area is 90.1 Å². The van der Waals surface area contributed by atoms with Gasteiger partial charge in [0.25, 0.3) is 0 Å². The third kappa shape index (κ3) is 1.28. The molecule has 0 aromatic heterocycles. The van der Waals surface area contributed by atoms with E-state index in [-0.39, 0.29) is 6.54 Å². The number of aliphatic hydroxyl groups is 1. The number of hydrogen-bond donors (Lipinski definition) is 1. The predicted octanol–water partition coefficient (Wildman–Crippen LogP) is -0.440. The van der Waals surface area contributed by atoms with Crippen LogP contribution >= 0.6 is 0 Å². The van der Waals surface area contributed by atoms with Gasteiger partial charge in [-0.3, -0.25) is 0 Å². The second-order valence-electron chi connectivity index (χ2n) is 5.26. The van der Waals surface area contributed by atoms with Crippen LogP contribution in [0.4, 0.5) is 0 Å². The molecule has 0 bridgehead atoms. The van der Waals surface area contributed by atoms with Gasteiger partial charge in [0.2, 0.25) is 10.0 Å². The molecular weight excluding hydrogens is 218 g/mol. The number of nitrogens with zero attached hydrogens (tertiary/aromatic N) is 1. The first-order valence-corrected chi connectivity index (χ1v) is 6.44. The summed E-state index contributed by atoms with van der Waals surface area (Å²) in [6.45, 7) is 5.82. The highest BCUT2D eigenvalue weighted by atomic mass is 32.2. The van der Waals surface area contributed by atoms with Gasteiger partial charge < -0.3 is 9.84 Å². The molecule has 5 nitrogen and oxygen atoms in total. The van der Waals surface area contributed by atoms with Crippen molar-refractivity contribution in [3.05, 3.63) is 0 Å². The summed E-state index contributed by atoms with van der Waals surface area (Å²) in [4.78, 5) is 0. The van der Waals surface area contributed by atoms with Crippen LogP contribution in [0, 0.1) is 0 Å². The smallest absolute Gasteiger partial charge is 0.219 e. The van der Waals surface area contributed by atoms with Crippen molar-refractivity contribution in [2.45, 2.75) is 37.2 Å². The minimum absolute atomic E-state index is 0.197. The van der Waals surface area contributed by atoms with Crippen LogP contribution in [0.5, 0.6) is 0 Å². The molecule has 6 heteroatoms. The SMILES string of the molecule is CC(C)(C)S(=O)(=O)N1CC(O)C12COC2. The van der Waals surface area contributed by atoms with Crippen LogP contribution < -0.4 is 0 Å². The molecule has 0 aliphatic carbocycles. The largest absolute Gasteiger partial charge is 0.390 e. The highest BCUT2D eigenvalue weighted by Gasteiger charge is 2.64. The average molecular weight is 235 g/mol. The van der Waals surface area contributed by atoms with E-state index in [1.54, 1.807) is 20.8 Å². The minimum Gasteiger partial charge on any atom is -0.390 e. The molecule has 0 amide bonds. The van der Waals surface area contributed by atoms with Crippen molar-refractivity contribution in [2.24, 2.45) is 0 Å². The predicted molar refractivity (Wildman–Crippen MR) is 54.9 cm³/mol. The van der Waals surface area contributed by atoms with E-state index < -0.39 is 26.4 Å². The number of aliphatic hydroxyl groups excluding tert-OH is 1. The van der Waals surface area contributed by atoms with Gasteiger partial charge in [-0.25, -0.2) is 8.42 Å². The molecule has 0 radical (unpaired) electrons. The molecule has 2 fully saturated rings. The molecule has 2 aliphatic rings. The van der Waals surface area contributed by atoms with E-state index >= 15 is 0 Å². The monoisotopic (exact) mass is 235 g/mol. The van der Waals surface area contributed by atoms with Crippen LogP contribution in [0.2, 0.25) is 0 Å². The minimum atomic E-state index is -3.35. The summed E-state index contributed by atoms with van der Waals surface area (Å²) in [6.07, 6.45) is -0.580. The second kappa shape index (κ2) is 2.94. The van der Waals surface area contributed by atoms with Crippen molar-refractivity contribution in [1.82, 2.24) is 4.31 Å². The highest BCUT2D eigenvalue weighted by Crippen LogP contribution is 2.42. The average Bonchev–Trinajstić information content (AvgIpc) is 1.94. The fourth-order valence-electron chi connectivity index (χ4n) is 1.88. The van der Waals surface area contributed by atoms with Crippen LogP contribution in [0.3, 0.4) is 0 Å². The van der Waals surface area contributed by atoms with Crippen molar-refractivity contribution in [3.8, 4) is 0 Å². The molecule has 1 N–H and O–H groups in total. The van der Waals surface area contributed by atoms with E-state index in [4.69, 9.17) is 4.74 Å². The third-order valence-electron chi connectivity index (χ3n) is 3.22. The lowest BCUT2D eigenvalue weighted by molar-refractivity contribution is -0.221. The number of sulfonamides is 1. The molecule has 1 unspecified atom stereocenters. The first-order valence-electron chi connectivity index (χ1n) is 5.00. The zero-order chi connectivity index (χ0) is 11.5. The van der Waals surface area contributed by atoms with Crippen LogP contribution in [-0.4, -0.2) is 54.0 Å². The van der Waals surface area contributed by atoms with Crippen molar-refractivity contribution in [2.75, 3.05) is 19.8 Å². The summed E-state index contributed by atoms with van der Waals surface area (Å²) in [6, 6.07) is 0. The van der Waals surface area contributed by atoms with Gasteiger partial charge in [0.05, 0.1) is 24.1 Å². The van der Waals surface area contributed by atoms with E-state index in [1.165, 1.54) is 4.31 Å². The van der Waals surface area contributed by atoms with Crippen molar-refractivity contribution >= 4 is 10.0 Å². The van der Waals surface area contributed by atoms with Gasteiger partial charge in [-0.2, -0.15) is 4.31 Å². The molecule has 0 aromatic carbocycles. The Kier molecular flexibility index (Phi) is 2.22. The molecule has 1 spiro atoms. The van der Waals surface area contributed by atoms with E-state index in [2.05, 4.69) is 0 Å². The number of rotatable bonds is 1. The lowest BCUT2D eigenvalue weighted by atomic mass is 9.83. The molecular formula is C9H17NO4S. The Morgan fingerprint density at radius 2 is 1.93 bits per heavy atom. The van der Waals surface area contributed by atoms with Crippen molar-refractivity contribution < 1.29 is 18.3 Å².